The Morgan fingerprint density at radius 1 is 1.12 bits per heavy atom. The molecule has 0 aliphatic carbocycles. The van der Waals surface area contributed by atoms with Gasteiger partial charge < -0.3 is 23.3 Å². The second kappa shape index (κ2) is 13.7. The van der Waals surface area contributed by atoms with Gasteiger partial charge in [0.1, 0.15) is 17.0 Å². The van der Waals surface area contributed by atoms with E-state index < -0.39 is 16.1 Å². The molecule has 2 aromatic heterocycles. The molecule has 1 saturated heterocycles. The maximum Gasteiger partial charge on any atom is 0.213 e. The molecule has 0 amide bonds. The van der Waals surface area contributed by atoms with Crippen molar-refractivity contribution >= 4 is 22.3 Å². The summed E-state index contributed by atoms with van der Waals surface area (Å²) in [5.41, 5.74) is 4.23. The summed E-state index contributed by atoms with van der Waals surface area (Å²) in [5.74, 6) is 0.500. The predicted octanol–water partition coefficient (Wildman–Crippen LogP) is 6.02. The van der Waals surface area contributed by atoms with Crippen LogP contribution in [0.15, 0.2) is 65.2 Å². The average Bonchev–Trinajstić information content (AvgIpc) is 3.42. The first-order valence-corrected chi connectivity index (χ1v) is 15.4. The number of nitriles is 1. The summed E-state index contributed by atoms with van der Waals surface area (Å²) in [6, 6.07) is 20.6. The monoisotopic (exact) mass is 588 g/mol. The largest absolute Gasteiger partial charge is 0.598 e. The number of pyridine rings is 1. The smallest absolute Gasteiger partial charge is 0.213 e. The maximum atomic E-state index is 13.4. The molecule has 1 aliphatic heterocycles. The summed E-state index contributed by atoms with van der Waals surface area (Å²) in [6.07, 6.45) is 3.39. The van der Waals surface area contributed by atoms with E-state index in [0.717, 1.165) is 48.1 Å². The first-order chi connectivity index (χ1) is 20.3. The highest BCUT2D eigenvalue weighted by molar-refractivity contribution is 7.90. The van der Waals surface area contributed by atoms with E-state index in [1.807, 2.05) is 69.3 Å². The van der Waals surface area contributed by atoms with Gasteiger partial charge in [0, 0.05) is 53.2 Å². The fraction of sp³-hybridized carbons (Fsp3) is 0.406. The molecule has 220 valence electrons. The zero-order valence-corrected chi connectivity index (χ0v) is 25.0. The van der Waals surface area contributed by atoms with Gasteiger partial charge in [0.05, 0.1) is 24.3 Å². The third-order valence-corrected chi connectivity index (χ3v) is 8.58. The lowest BCUT2D eigenvalue weighted by Crippen LogP contribution is -2.42. The quantitative estimate of drug-likeness (QED) is 0.165. The Hall–Kier alpha value is -3.46. The molecule has 5 rings (SSSR count). The molecule has 4 aromatic rings. The van der Waals surface area contributed by atoms with E-state index in [9.17, 15) is 9.81 Å². The number of fused-ring (bicyclic) bond motifs is 1. The predicted molar refractivity (Wildman–Crippen MR) is 161 cm³/mol. The van der Waals surface area contributed by atoms with E-state index in [1.54, 1.807) is 12.1 Å². The van der Waals surface area contributed by atoms with E-state index in [1.165, 1.54) is 0 Å². The van der Waals surface area contributed by atoms with Gasteiger partial charge in [0.25, 0.3) is 0 Å². The van der Waals surface area contributed by atoms with Gasteiger partial charge >= 0.3 is 0 Å². The molecule has 10 heteroatoms. The zero-order valence-electron chi connectivity index (χ0n) is 24.2. The summed E-state index contributed by atoms with van der Waals surface area (Å²) in [4.78, 5) is 4.74. The Kier molecular flexibility index (Phi) is 9.77. The first-order valence-electron chi connectivity index (χ1n) is 14.2. The summed E-state index contributed by atoms with van der Waals surface area (Å²) < 4.78 is 39.1. The second-order valence-electron chi connectivity index (χ2n) is 11.2. The minimum Gasteiger partial charge on any atom is -0.598 e. The van der Waals surface area contributed by atoms with Crippen LogP contribution in [0.1, 0.15) is 62.9 Å². The number of aromatic nitrogens is 2. The Labute approximate surface area is 249 Å². The summed E-state index contributed by atoms with van der Waals surface area (Å²) in [5, 5.41) is 14.4. The highest BCUT2D eigenvalue weighted by atomic mass is 32.2. The molecule has 1 aliphatic rings. The molecule has 1 unspecified atom stereocenters. The lowest BCUT2D eigenvalue weighted by molar-refractivity contribution is -0.165. The van der Waals surface area contributed by atoms with Crippen LogP contribution in [0.2, 0.25) is 0 Å². The number of nitrogens with one attached hydrogen (secondary N) is 1. The molecule has 1 fully saturated rings. The molecule has 9 nitrogen and oxygen atoms in total. The van der Waals surface area contributed by atoms with Crippen LogP contribution in [-0.2, 0) is 27.3 Å². The van der Waals surface area contributed by atoms with Gasteiger partial charge in [0.15, 0.2) is 11.9 Å². The molecular formula is C32H36N4O5S. The van der Waals surface area contributed by atoms with Crippen molar-refractivity contribution in [3.63, 3.8) is 0 Å². The number of nitrogens with zero attached hydrogens (tertiary/aromatic N) is 3. The van der Waals surface area contributed by atoms with Crippen molar-refractivity contribution in [3.05, 3.63) is 77.5 Å². The van der Waals surface area contributed by atoms with Crippen LogP contribution < -0.4 is 9.46 Å². The summed E-state index contributed by atoms with van der Waals surface area (Å²) in [6.45, 7) is 7.32. The Bertz CT molecular complexity index is 1520. The van der Waals surface area contributed by atoms with Crippen LogP contribution in [0.4, 0.5) is 0 Å². The maximum absolute atomic E-state index is 13.4. The molecule has 3 atom stereocenters. The summed E-state index contributed by atoms with van der Waals surface area (Å²) >= 11 is -1.36. The van der Waals surface area contributed by atoms with Crippen molar-refractivity contribution < 1.29 is 23.3 Å². The summed E-state index contributed by atoms with van der Waals surface area (Å²) in [7, 11) is 0. The molecule has 0 spiro atoms. The van der Waals surface area contributed by atoms with E-state index >= 15 is 0 Å². The number of benzene rings is 2. The topological polar surface area (TPSA) is 125 Å². The molecule has 2 aromatic carbocycles. The van der Waals surface area contributed by atoms with E-state index in [2.05, 4.69) is 15.9 Å². The van der Waals surface area contributed by atoms with Gasteiger partial charge in [-0.15, -0.1) is 4.72 Å². The third kappa shape index (κ3) is 7.48. The molecule has 0 bridgehead atoms. The SMILES string of the molecule is CC(C)(C)[S@+]([O-])N[C@@H](Cc1cccc(OCCOC2CCCCO2)n1)c1ccccc1-c1noc2cc(C#N)ccc12. The highest BCUT2D eigenvalue weighted by Crippen LogP contribution is 2.35. The molecule has 42 heavy (non-hydrogen) atoms. The Balaban J connectivity index is 1.38. The number of ether oxygens (including phenoxy) is 3. The van der Waals surface area contributed by atoms with Crippen LogP contribution in [-0.4, -0.2) is 45.6 Å². The lowest BCUT2D eigenvalue weighted by Gasteiger charge is -2.29. The van der Waals surface area contributed by atoms with Gasteiger partial charge in [-0.3, -0.25) is 0 Å². The molecule has 3 heterocycles. The minimum atomic E-state index is -1.36. The van der Waals surface area contributed by atoms with Crippen molar-refractivity contribution in [1.82, 2.24) is 14.9 Å². The van der Waals surface area contributed by atoms with Crippen LogP contribution in [0.25, 0.3) is 22.2 Å². The van der Waals surface area contributed by atoms with Crippen molar-refractivity contribution in [2.75, 3.05) is 19.8 Å². The molecule has 0 radical (unpaired) electrons. The van der Waals surface area contributed by atoms with Gasteiger partial charge in [-0.2, -0.15) is 5.26 Å². The van der Waals surface area contributed by atoms with Gasteiger partial charge in [-0.25, -0.2) is 4.98 Å². The number of hydrogen-bond donors (Lipinski definition) is 1. The van der Waals surface area contributed by atoms with Gasteiger partial charge in [0.2, 0.25) is 5.88 Å². The van der Waals surface area contributed by atoms with E-state index in [-0.39, 0.29) is 12.3 Å². The van der Waals surface area contributed by atoms with Gasteiger partial charge in [-0.05, 0) is 63.8 Å². The van der Waals surface area contributed by atoms with E-state index in [4.69, 9.17) is 23.7 Å². The Morgan fingerprint density at radius 3 is 2.76 bits per heavy atom. The van der Waals surface area contributed by atoms with Crippen molar-refractivity contribution in [3.8, 4) is 23.2 Å². The first kappa shape index (κ1) is 30.0. The van der Waals surface area contributed by atoms with E-state index in [0.29, 0.717) is 42.4 Å². The molecular weight excluding hydrogens is 552 g/mol. The Morgan fingerprint density at radius 2 is 1.98 bits per heavy atom. The van der Waals surface area contributed by atoms with Crippen LogP contribution in [0, 0.1) is 11.3 Å². The van der Waals surface area contributed by atoms with Crippen molar-refractivity contribution in [1.29, 1.82) is 5.26 Å². The van der Waals surface area contributed by atoms with Gasteiger partial charge in [-0.1, -0.05) is 35.5 Å². The number of hydrogen-bond acceptors (Lipinski definition) is 9. The van der Waals surface area contributed by atoms with Crippen LogP contribution in [0.5, 0.6) is 5.88 Å². The second-order valence-corrected chi connectivity index (χ2v) is 13.2. The fourth-order valence-corrected chi connectivity index (χ4v) is 5.59. The zero-order chi connectivity index (χ0) is 29.5. The lowest BCUT2D eigenvalue weighted by atomic mass is 9.94. The molecule has 0 saturated carbocycles. The van der Waals surface area contributed by atoms with Crippen molar-refractivity contribution in [2.45, 2.75) is 63.5 Å². The van der Waals surface area contributed by atoms with Crippen LogP contribution in [0.3, 0.4) is 0 Å². The fourth-order valence-electron chi connectivity index (χ4n) is 4.77. The normalized spacial score (nSPS) is 17.1. The number of rotatable bonds is 11. The van der Waals surface area contributed by atoms with Crippen molar-refractivity contribution in [2.24, 2.45) is 0 Å². The average molecular weight is 589 g/mol. The third-order valence-electron chi connectivity index (χ3n) is 6.97. The standard InChI is InChI=1S/C32H36N4O5S/c1-32(2,3)42(37)36-27(20-23-9-8-12-29(34-23)38-17-18-40-30-13-6-7-16-39-30)24-10-4-5-11-25(24)31-26-15-14-22(21-33)19-28(26)41-35-31/h4-5,8-12,14-15,19,27,30,36H,6-7,13,16-18,20H2,1-3H3/t27-,30?,42-/m0/s1. The molecule has 1 N–H and O–H groups in total. The minimum absolute atomic E-state index is 0.160. The van der Waals surface area contributed by atoms with Crippen LogP contribution >= 0.6 is 0 Å². The highest BCUT2D eigenvalue weighted by Gasteiger charge is 2.32.